The fraction of sp³-hybridized carbons (Fsp3) is 0.222. The van der Waals surface area contributed by atoms with Crippen molar-refractivity contribution in [3.05, 3.63) is 131 Å². The molecule has 4 aromatic carbocycles. The number of nitrogens with two attached hydrogens (primary N) is 1. The zero-order chi connectivity index (χ0) is 32.0. The second kappa shape index (κ2) is 14.0. The van der Waals surface area contributed by atoms with Crippen LogP contribution in [0.5, 0.6) is 11.5 Å². The Bertz CT molecular complexity index is 1920. The zero-order valence-corrected chi connectivity index (χ0v) is 26.2. The second-order valence-electron chi connectivity index (χ2n) is 10.8. The first-order valence-corrected chi connectivity index (χ1v) is 16.6. The zero-order valence-electron chi connectivity index (χ0n) is 25.4. The van der Waals surface area contributed by atoms with Crippen molar-refractivity contribution in [3.63, 3.8) is 0 Å². The topological polar surface area (TPSA) is 104 Å². The van der Waals surface area contributed by atoms with E-state index in [9.17, 15) is 13.2 Å². The molecule has 0 atom stereocenters. The van der Waals surface area contributed by atoms with E-state index in [2.05, 4.69) is 0 Å². The molecule has 9 heteroatoms. The number of nitrogens with zero attached hydrogens (tertiary/aromatic N) is 2. The first-order chi connectivity index (χ1) is 21.7. The Kier molecular flexibility index (Phi) is 9.90. The van der Waals surface area contributed by atoms with Gasteiger partial charge in [-0.05, 0) is 60.7 Å². The molecule has 7 nitrogen and oxygen atoms in total. The van der Waals surface area contributed by atoms with Gasteiger partial charge in [0.25, 0.3) is 0 Å². The number of para-hydroxylation sites is 2. The number of hydrogen-bond acceptors (Lipinski definition) is 5. The van der Waals surface area contributed by atoms with Crippen LogP contribution in [-0.4, -0.2) is 23.8 Å². The fourth-order valence-electron chi connectivity index (χ4n) is 5.46. The highest BCUT2D eigenvalue weighted by molar-refractivity contribution is 7.89. The maximum atomic E-state index is 15.7. The number of ketones is 1. The highest BCUT2D eigenvalue weighted by Gasteiger charge is 2.23. The Morgan fingerprint density at radius 1 is 0.889 bits per heavy atom. The second-order valence-corrected chi connectivity index (χ2v) is 12.3. The first kappa shape index (κ1) is 31.8. The van der Waals surface area contributed by atoms with E-state index in [4.69, 9.17) is 14.9 Å². The van der Waals surface area contributed by atoms with Gasteiger partial charge in [0.2, 0.25) is 10.0 Å². The highest BCUT2D eigenvalue weighted by Crippen LogP contribution is 2.30. The number of ether oxygens (including phenoxy) is 1. The van der Waals surface area contributed by atoms with Crippen LogP contribution in [0.25, 0.3) is 11.1 Å². The third kappa shape index (κ3) is 7.38. The lowest BCUT2D eigenvalue weighted by atomic mass is 10.0. The van der Waals surface area contributed by atoms with E-state index in [-0.39, 0.29) is 23.6 Å². The van der Waals surface area contributed by atoms with E-state index >= 15 is 4.39 Å². The Balaban J connectivity index is 1.43. The normalized spacial score (nSPS) is 11.5. The maximum absolute atomic E-state index is 15.7. The lowest BCUT2D eigenvalue weighted by Gasteiger charge is -2.15. The van der Waals surface area contributed by atoms with Crippen LogP contribution in [0.4, 0.5) is 4.39 Å². The summed E-state index contributed by atoms with van der Waals surface area (Å²) in [7, 11) is -4.00. The minimum atomic E-state index is -4.00. The number of sulfonamides is 1. The van der Waals surface area contributed by atoms with Crippen LogP contribution < -0.4 is 9.88 Å². The molecule has 5 rings (SSSR count). The summed E-state index contributed by atoms with van der Waals surface area (Å²) in [5, 5.41) is 5.40. The van der Waals surface area contributed by atoms with Crippen LogP contribution in [0.15, 0.2) is 102 Å². The Morgan fingerprint density at radius 3 is 2.31 bits per heavy atom. The number of aromatic nitrogens is 2. The van der Waals surface area contributed by atoms with Crippen molar-refractivity contribution < 1.29 is 22.3 Å². The molecule has 0 fully saturated rings. The minimum absolute atomic E-state index is 0.0738. The van der Waals surface area contributed by atoms with Crippen molar-refractivity contribution in [2.24, 2.45) is 5.14 Å². The number of rotatable bonds is 13. The molecule has 0 aliphatic rings. The lowest BCUT2D eigenvalue weighted by Crippen LogP contribution is -2.16. The van der Waals surface area contributed by atoms with Gasteiger partial charge < -0.3 is 9.30 Å². The van der Waals surface area contributed by atoms with Crippen molar-refractivity contribution in [1.29, 1.82) is 0 Å². The SMILES string of the molecule is CCCc1nc(CC)c(C(=O)CCc2ccccc2Oc2ccccc2)n1Cc1ccc(-c2ccccc2S(N)(=O)=O)cc1F. The van der Waals surface area contributed by atoms with Crippen LogP contribution in [0, 0.1) is 5.82 Å². The third-order valence-corrected chi connectivity index (χ3v) is 8.61. The van der Waals surface area contributed by atoms with E-state index in [0.717, 1.165) is 17.8 Å². The van der Waals surface area contributed by atoms with Gasteiger partial charge in [0, 0.05) is 24.0 Å². The Labute approximate surface area is 263 Å². The molecule has 0 aliphatic heterocycles. The van der Waals surface area contributed by atoms with Crippen molar-refractivity contribution in [2.45, 2.75) is 57.4 Å². The molecular formula is C36H36FN3O4S. The number of aryl methyl sites for hydroxylation is 3. The smallest absolute Gasteiger partial charge is 0.238 e. The van der Waals surface area contributed by atoms with Crippen molar-refractivity contribution in [2.75, 3.05) is 0 Å². The molecule has 0 spiro atoms. The van der Waals surface area contributed by atoms with Crippen molar-refractivity contribution >= 4 is 15.8 Å². The quantitative estimate of drug-likeness (QED) is 0.136. The number of hydrogen-bond donors (Lipinski definition) is 1. The van der Waals surface area contributed by atoms with Gasteiger partial charge in [0.1, 0.15) is 28.8 Å². The number of primary sulfonamides is 1. The Hall–Kier alpha value is -4.60. The molecular weight excluding hydrogens is 589 g/mol. The molecule has 0 saturated carbocycles. The summed E-state index contributed by atoms with van der Waals surface area (Å²) in [5.74, 6) is 1.55. The molecule has 0 saturated heterocycles. The van der Waals surface area contributed by atoms with Gasteiger partial charge in [-0.15, -0.1) is 0 Å². The van der Waals surface area contributed by atoms with E-state index in [1.54, 1.807) is 30.3 Å². The summed E-state index contributed by atoms with van der Waals surface area (Å²) < 4.78 is 47.9. The Morgan fingerprint density at radius 2 is 1.60 bits per heavy atom. The average molecular weight is 626 g/mol. The van der Waals surface area contributed by atoms with Gasteiger partial charge in [-0.2, -0.15) is 0 Å². The minimum Gasteiger partial charge on any atom is -0.457 e. The van der Waals surface area contributed by atoms with Crippen molar-refractivity contribution in [1.82, 2.24) is 9.55 Å². The number of benzene rings is 4. The number of carbonyl (C=O) groups excluding carboxylic acids is 1. The number of imidazole rings is 1. The summed E-state index contributed by atoms with van der Waals surface area (Å²) >= 11 is 0. The molecule has 0 radical (unpaired) electrons. The van der Waals surface area contributed by atoms with Crippen LogP contribution in [0.1, 0.15) is 59.8 Å². The first-order valence-electron chi connectivity index (χ1n) is 15.0. The summed E-state index contributed by atoms with van der Waals surface area (Å²) in [4.78, 5) is 18.6. The van der Waals surface area contributed by atoms with E-state index in [1.165, 1.54) is 12.1 Å². The summed E-state index contributed by atoms with van der Waals surface area (Å²) in [6, 6.07) is 28.0. The van der Waals surface area contributed by atoms with Gasteiger partial charge in [-0.3, -0.25) is 4.79 Å². The van der Waals surface area contributed by atoms with Crippen LogP contribution in [-0.2, 0) is 35.8 Å². The monoisotopic (exact) mass is 625 g/mol. The summed E-state index contributed by atoms with van der Waals surface area (Å²) in [6.07, 6.45) is 2.69. The van der Waals surface area contributed by atoms with Crippen LogP contribution in [0.2, 0.25) is 0 Å². The largest absolute Gasteiger partial charge is 0.457 e. The molecule has 0 amide bonds. The van der Waals surface area contributed by atoms with E-state index in [1.807, 2.05) is 73.0 Å². The number of Topliss-reactive ketones (excluding diaryl/α,β-unsaturated/α-hetero) is 1. The standard InChI is InChI=1S/C36H36FN3O4S/c1-3-12-35-39-31(4-2)36(32(41)22-21-25-13-8-10-17-33(25)44-28-14-6-5-7-15-28)40(35)24-27-20-19-26(23-30(27)37)29-16-9-11-18-34(29)45(38,42)43/h5-11,13-20,23H,3-4,12,21-22,24H2,1-2H3,(H2,38,42,43). The molecule has 0 aliphatic carbocycles. The number of carbonyl (C=O) groups is 1. The van der Waals surface area contributed by atoms with Crippen molar-refractivity contribution in [3.8, 4) is 22.6 Å². The molecule has 5 aromatic rings. The van der Waals surface area contributed by atoms with Crippen LogP contribution in [0.3, 0.4) is 0 Å². The molecule has 232 valence electrons. The fourth-order valence-corrected chi connectivity index (χ4v) is 6.22. The van der Waals surface area contributed by atoms with Gasteiger partial charge in [-0.25, -0.2) is 22.9 Å². The lowest BCUT2D eigenvalue weighted by molar-refractivity contribution is 0.0972. The molecule has 1 aromatic heterocycles. The summed E-state index contributed by atoms with van der Waals surface area (Å²) in [6.45, 7) is 4.11. The van der Waals surface area contributed by atoms with Crippen LogP contribution >= 0.6 is 0 Å². The molecule has 45 heavy (non-hydrogen) atoms. The summed E-state index contributed by atoms with van der Waals surface area (Å²) in [5.41, 5.74) is 3.17. The third-order valence-electron chi connectivity index (χ3n) is 7.64. The molecule has 0 bridgehead atoms. The molecule has 1 heterocycles. The predicted molar refractivity (Wildman–Crippen MR) is 174 cm³/mol. The van der Waals surface area contributed by atoms with E-state index < -0.39 is 15.8 Å². The maximum Gasteiger partial charge on any atom is 0.238 e. The highest BCUT2D eigenvalue weighted by atomic mass is 32.2. The molecule has 2 N–H and O–H groups in total. The molecule has 0 unspecified atom stereocenters. The van der Waals surface area contributed by atoms with Gasteiger partial charge in [0.15, 0.2) is 5.78 Å². The van der Waals surface area contributed by atoms with Gasteiger partial charge >= 0.3 is 0 Å². The van der Waals surface area contributed by atoms with Gasteiger partial charge in [0.05, 0.1) is 17.1 Å². The van der Waals surface area contributed by atoms with Gasteiger partial charge in [-0.1, -0.05) is 80.6 Å². The average Bonchev–Trinajstić information content (AvgIpc) is 3.38. The number of halogens is 1. The predicted octanol–water partition coefficient (Wildman–Crippen LogP) is 7.51. The van der Waals surface area contributed by atoms with E-state index in [0.29, 0.717) is 58.8 Å².